The normalized spacial score (nSPS) is 13.9. The van der Waals surface area contributed by atoms with Crippen molar-refractivity contribution in [2.75, 3.05) is 30.8 Å². The lowest BCUT2D eigenvalue weighted by Crippen LogP contribution is -2.43. The van der Waals surface area contributed by atoms with Crippen molar-refractivity contribution in [1.82, 2.24) is 4.90 Å². The van der Waals surface area contributed by atoms with Crippen molar-refractivity contribution in [2.24, 2.45) is 0 Å². The van der Waals surface area contributed by atoms with Crippen LogP contribution in [-0.2, 0) is 16.0 Å². The van der Waals surface area contributed by atoms with E-state index in [9.17, 15) is 9.59 Å². The van der Waals surface area contributed by atoms with Gasteiger partial charge < -0.3 is 15.5 Å². The fourth-order valence-corrected chi connectivity index (χ4v) is 2.31. The third-order valence-electron chi connectivity index (χ3n) is 3.50. The van der Waals surface area contributed by atoms with E-state index in [4.69, 9.17) is 5.73 Å². The second kappa shape index (κ2) is 5.30. The highest BCUT2D eigenvalue weighted by atomic mass is 16.2. The highest BCUT2D eigenvalue weighted by Gasteiger charge is 2.24. The molecular weight excluding hydrogens is 242 g/mol. The van der Waals surface area contributed by atoms with Crippen LogP contribution in [0.3, 0.4) is 0 Å². The number of carbonyl (C=O) groups excluding carboxylic acids is 2. The molecule has 1 aliphatic rings. The smallest absolute Gasteiger partial charge is 0.246 e. The van der Waals surface area contributed by atoms with Crippen LogP contribution in [0, 0.1) is 0 Å². The van der Waals surface area contributed by atoms with Crippen molar-refractivity contribution in [2.45, 2.75) is 19.8 Å². The first-order valence-electron chi connectivity index (χ1n) is 6.40. The van der Waals surface area contributed by atoms with Crippen LogP contribution in [0.1, 0.15) is 18.9 Å². The molecule has 0 aromatic heterocycles. The van der Waals surface area contributed by atoms with Crippen molar-refractivity contribution in [3.05, 3.63) is 23.8 Å². The van der Waals surface area contributed by atoms with Gasteiger partial charge in [0.1, 0.15) is 0 Å². The van der Waals surface area contributed by atoms with E-state index in [0.717, 1.165) is 29.8 Å². The number of carbonyl (C=O) groups is 2. The van der Waals surface area contributed by atoms with Gasteiger partial charge in [0, 0.05) is 31.9 Å². The average molecular weight is 261 g/mol. The van der Waals surface area contributed by atoms with Crippen LogP contribution < -0.4 is 10.6 Å². The van der Waals surface area contributed by atoms with Crippen LogP contribution in [0.5, 0.6) is 0 Å². The largest absolute Gasteiger partial charge is 0.398 e. The Labute approximate surface area is 113 Å². The summed E-state index contributed by atoms with van der Waals surface area (Å²) in [5.74, 6) is -0.178. The minimum absolute atomic E-state index is 0.0655. The number of rotatable bonds is 2. The lowest BCUT2D eigenvalue weighted by Gasteiger charge is -2.31. The van der Waals surface area contributed by atoms with Gasteiger partial charge in [-0.15, -0.1) is 0 Å². The topological polar surface area (TPSA) is 66.6 Å². The molecular formula is C14H19N3O2. The van der Waals surface area contributed by atoms with Gasteiger partial charge >= 0.3 is 0 Å². The number of amides is 2. The lowest BCUT2D eigenvalue weighted by atomic mass is 10.00. The Morgan fingerprint density at radius 3 is 2.84 bits per heavy atom. The molecule has 19 heavy (non-hydrogen) atoms. The van der Waals surface area contributed by atoms with Crippen LogP contribution in [0.25, 0.3) is 0 Å². The van der Waals surface area contributed by atoms with Crippen LogP contribution in [-0.4, -0.2) is 36.9 Å². The fourth-order valence-electron chi connectivity index (χ4n) is 2.31. The van der Waals surface area contributed by atoms with Crippen molar-refractivity contribution < 1.29 is 9.59 Å². The van der Waals surface area contributed by atoms with Gasteiger partial charge in [-0.2, -0.15) is 0 Å². The summed E-state index contributed by atoms with van der Waals surface area (Å²) >= 11 is 0. The van der Waals surface area contributed by atoms with Crippen molar-refractivity contribution in [3.63, 3.8) is 0 Å². The Morgan fingerprint density at radius 2 is 2.16 bits per heavy atom. The molecule has 5 nitrogen and oxygen atoms in total. The molecule has 2 amide bonds. The highest BCUT2D eigenvalue weighted by molar-refractivity contribution is 5.98. The molecule has 102 valence electrons. The zero-order valence-corrected chi connectivity index (χ0v) is 11.3. The quantitative estimate of drug-likeness (QED) is 0.808. The van der Waals surface area contributed by atoms with E-state index in [2.05, 4.69) is 0 Å². The van der Waals surface area contributed by atoms with E-state index in [1.807, 2.05) is 18.2 Å². The molecule has 0 saturated heterocycles. The van der Waals surface area contributed by atoms with Gasteiger partial charge in [-0.1, -0.05) is 6.07 Å². The average Bonchev–Trinajstić information content (AvgIpc) is 2.38. The Morgan fingerprint density at radius 1 is 1.42 bits per heavy atom. The van der Waals surface area contributed by atoms with E-state index in [-0.39, 0.29) is 18.4 Å². The van der Waals surface area contributed by atoms with Gasteiger partial charge in [0.2, 0.25) is 11.8 Å². The molecule has 0 fully saturated rings. The first-order valence-corrected chi connectivity index (χ1v) is 6.40. The molecule has 0 unspecified atom stereocenters. The summed E-state index contributed by atoms with van der Waals surface area (Å²) in [4.78, 5) is 26.6. The molecule has 0 atom stereocenters. The van der Waals surface area contributed by atoms with Crippen molar-refractivity contribution >= 4 is 23.2 Å². The molecule has 0 bridgehead atoms. The van der Waals surface area contributed by atoms with Gasteiger partial charge in [-0.25, -0.2) is 0 Å². The van der Waals surface area contributed by atoms with Crippen LogP contribution >= 0.6 is 0 Å². The number of likely N-dealkylation sites (N-methyl/N-ethyl adjacent to an activating group) is 1. The Bertz CT molecular complexity index is 513. The third kappa shape index (κ3) is 2.70. The standard InChI is InChI=1S/C14H19N3O2/c1-10(18)16(2)9-14(19)17-8-4-5-11-12(15)6-3-7-13(11)17/h3,6-7H,4-5,8-9,15H2,1-2H3. The van der Waals surface area contributed by atoms with Crippen molar-refractivity contribution in [1.29, 1.82) is 0 Å². The predicted molar refractivity (Wildman–Crippen MR) is 74.8 cm³/mol. The number of hydrogen-bond donors (Lipinski definition) is 1. The molecule has 0 saturated carbocycles. The summed E-state index contributed by atoms with van der Waals surface area (Å²) in [6.45, 7) is 2.24. The Hall–Kier alpha value is -2.04. The zero-order valence-electron chi connectivity index (χ0n) is 11.3. The number of nitrogens with two attached hydrogens (primary N) is 1. The minimum atomic E-state index is -0.113. The molecule has 2 rings (SSSR count). The SMILES string of the molecule is CC(=O)N(C)CC(=O)N1CCCc2c(N)cccc21. The van der Waals surface area contributed by atoms with Crippen molar-refractivity contribution in [3.8, 4) is 0 Å². The summed E-state index contributed by atoms with van der Waals surface area (Å²) in [7, 11) is 1.63. The van der Waals surface area contributed by atoms with Crippen LogP contribution in [0.4, 0.5) is 11.4 Å². The molecule has 1 heterocycles. The summed E-state index contributed by atoms with van der Waals surface area (Å²) in [5, 5.41) is 0. The maximum absolute atomic E-state index is 12.3. The van der Waals surface area contributed by atoms with E-state index >= 15 is 0 Å². The van der Waals surface area contributed by atoms with Gasteiger partial charge in [0.15, 0.2) is 0 Å². The number of anilines is 2. The second-order valence-corrected chi connectivity index (χ2v) is 4.87. The van der Waals surface area contributed by atoms with E-state index in [1.165, 1.54) is 11.8 Å². The number of nitrogens with zero attached hydrogens (tertiary/aromatic N) is 2. The molecule has 0 radical (unpaired) electrons. The van der Waals surface area contributed by atoms with Crippen LogP contribution in [0.15, 0.2) is 18.2 Å². The number of nitrogen functional groups attached to an aromatic ring is 1. The maximum Gasteiger partial charge on any atom is 0.246 e. The number of benzene rings is 1. The molecule has 0 spiro atoms. The molecule has 1 aromatic rings. The van der Waals surface area contributed by atoms with E-state index < -0.39 is 0 Å². The summed E-state index contributed by atoms with van der Waals surface area (Å²) in [6.07, 6.45) is 1.80. The fraction of sp³-hybridized carbons (Fsp3) is 0.429. The number of hydrogen-bond acceptors (Lipinski definition) is 3. The second-order valence-electron chi connectivity index (χ2n) is 4.87. The van der Waals surface area contributed by atoms with Crippen LogP contribution in [0.2, 0.25) is 0 Å². The first kappa shape index (κ1) is 13.4. The first-order chi connectivity index (χ1) is 9.00. The number of fused-ring (bicyclic) bond motifs is 1. The van der Waals surface area contributed by atoms with E-state index in [0.29, 0.717) is 6.54 Å². The summed E-state index contributed by atoms with van der Waals surface area (Å²) < 4.78 is 0. The molecule has 2 N–H and O–H groups in total. The summed E-state index contributed by atoms with van der Waals surface area (Å²) in [6, 6.07) is 5.62. The lowest BCUT2D eigenvalue weighted by molar-refractivity contribution is -0.132. The molecule has 0 aliphatic carbocycles. The predicted octanol–water partition coefficient (Wildman–Crippen LogP) is 1.03. The Balaban J connectivity index is 2.22. The molecule has 1 aliphatic heterocycles. The van der Waals surface area contributed by atoms with Gasteiger partial charge in [-0.05, 0) is 30.5 Å². The molecule has 5 heteroatoms. The summed E-state index contributed by atoms with van der Waals surface area (Å²) in [5.41, 5.74) is 8.60. The van der Waals surface area contributed by atoms with Gasteiger partial charge in [-0.3, -0.25) is 9.59 Å². The monoisotopic (exact) mass is 261 g/mol. The Kier molecular flexibility index (Phi) is 3.74. The maximum atomic E-state index is 12.3. The molecule has 1 aromatic carbocycles. The highest BCUT2D eigenvalue weighted by Crippen LogP contribution is 2.31. The zero-order chi connectivity index (χ0) is 14.0. The van der Waals surface area contributed by atoms with Gasteiger partial charge in [0.25, 0.3) is 0 Å². The third-order valence-corrected chi connectivity index (χ3v) is 3.50. The minimum Gasteiger partial charge on any atom is -0.398 e. The van der Waals surface area contributed by atoms with E-state index in [1.54, 1.807) is 11.9 Å². The van der Waals surface area contributed by atoms with Gasteiger partial charge in [0.05, 0.1) is 6.54 Å².